The third-order valence-corrected chi connectivity index (χ3v) is 4.60. The molecule has 0 unspecified atom stereocenters. The monoisotopic (exact) mass is 324 g/mol. The van der Waals surface area contributed by atoms with Crippen LogP contribution in [0, 0.1) is 0 Å². The third-order valence-electron chi connectivity index (χ3n) is 3.60. The molecular formula is C14H17ClN4OS. The van der Waals surface area contributed by atoms with E-state index in [0.717, 1.165) is 43.5 Å². The van der Waals surface area contributed by atoms with Crippen LogP contribution in [0.15, 0.2) is 24.3 Å². The van der Waals surface area contributed by atoms with Crippen molar-refractivity contribution in [2.75, 3.05) is 38.2 Å². The highest BCUT2D eigenvalue weighted by Crippen LogP contribution is 2.28. The number of nitrogens with zero attached hydrogens (tertiary/aromatic N) is 4. The quantitative estimate of drug-likeness (QED) is 0.864. The van der Waals surface area contributed by atoms with Gasteiger partial charge in [-0.1, -0.05) is 23.5 Å². The molecular weight excluding hydrogens is 308 g/mol. The van der Waals surface area contributed by atoms with Crippen LogP contribution in [0.4, 0.5) is 5.69 Å². The first-order valence-corrected chi connectivity index (χ1v) is 8.04. The molecule has 0 radical (unpaired) electrons. The zero-order valence-corrected chi connectivity index (χ0v) is 13.4. The fraction of sp³-hybridized carbons (Fsp3) is 0.429. The van der Waals surface area contributed by atoms with E-state index in [2.05, 4.69) is 26.1 Å². The van der Waals surface area contributed by atoms with Gasteiger partial charge in [-0.3, -0.25) is 4.90 Å². The summed E-state index contributed by atoms with van der Waals surface area (Å²) < 4.78 is 5.95. The summed E-state index contributed by atoms with van der Waals surface area (Å²) in [6, 6.07) is 8.16. The van der Waals surface area contributed by atoms with E-state index in [1.54, 1.807) is 7.11 Å². The van der Waals surface area contributed by atoms with E-state index in [-0.39, 0.29) is 0 Å². The van der Waals surface area contributed by atoms with Crippen molar-refractivity contribution >= 4 is 28.6 Å². The lowest BCUT2D eigenvalue weighted by molar-refractivity contribution is 0.248. The standard InChI is InChI=1S/C14H17ClN4OS/c1-20-12-5-3-2-4-11(12)19-8-6-18(7-9-19)10-13-16-17-14(15)21-13/h2-5H,6-10H2,1H3. The number of halogens is 1. The van der Waals surface area contributed by atoms with Gasteiger partial charge in [0.1, 0.15) is 10.8 Å². The molecule has 7 heteroatoms. The highest BCUT2D eigenvalue weighted by Gasteiger charge is 2.20. The summed E-state index contributed by atoms with van der Waals surface area (Å²) in [7, 11) is 1.72. The number of anilines is 1. The van der Waals surface area contributed by atoms with Gasteiger partial charge in [0.2, 0.25) is 4.47 Å². The van der Waals surface area contributed by atoms with Gasteiger partial charge in [0, 0.05) is 26.2 Å². The van der Waals surface area contributed by atoms with E-state index in [4.69, 9.17) is 16.3 Å². The number of ether oxygens (including phenoxy) is 1. The Morgan fingerprint density at radius 3 is 2.62 bits per heavy atom. The number of piperazine rings is 1. The van der Waals surface area contributed by atoms with Crippen molar-refractivity contribution in [2.24, 2.45) is 0 Å². The van der Waals surface area contributed by atoms with Gasteiger partial charge in [0.15, 0.2) is 0 Å². The molecule has 1 aromatic carbocycles. The first-order valence-electron chi connectivity index (χ1n) is 6.84. The van der Waals surface area contributed by atoms with E-state index < -0.39 is 0 Å². The molecule has 0 saturated carbocycles. The van der Waals surface area contributed by atoms with Crippen LogP contribution in [-0.2, 0) is 6.54 Å². The number of methoxy groups -OCH3 is 1. The maximum atomic E-state index is 5.82. The lowest BCUT2D eigenvalue weighted by Crippen LogP contribution is -2.46. The highest BCUT2D eigenvalue weighted by molar-refractivity contribution is 7.15. The van der Waals surface area contributed by atoms with Crippen LogP contribution in [0.25, 0.3) is 0 Å². The van der Waals surface area contributed by atoms with Crippen LogP contribution >= 0.6 is 22.9 Å². The molecule has 0 aliphatic carbocycles. The van der Waals surface area contributed by atoms with Crippen LogP contribution < -0.4 is 9.64 Å². The molecule has 1 fully saturated rings. The number of rotatable bonds is 4. The predicted octanol–water partition coefficient (Wildman–Crippen LogP) is 2.52. The number of hydrogen-bond acceptors (Lipinski definition) is 6. The minimum atomic E-state index is 0.512. The van der Waals surface area contributed by atoms with Crippen molar-refractivity contribution in [3.63, 3.8) is 0 Å². The Morgan fingerprint density at radius 2 is 1.95 bits per heavy atom. The second-order valence-electron chi connectivity index (χ2n) is 4.88. The van der Waals surface area contributed by atoms with Gasteiger partial charge in [-0.2, -0.15) is 0 Å². The molecule has 2 heterocycles. The Balaban J connectivity index is 1.60. The summed E-state index contributed by atoms with van der Waals surface area (Å²) in [6.07, 6.45) is 0. The summed E-state index contributed by atoms with van der Waals surface area (Å²) in [4.78, 5) is 4.74. The first kappa shape index (κ1) is 14.6. The number of aromatic nitrogens is 2. The number of benzene rings is 1. The van der Waals surface area contributed by atoms with Crippen LogP contribution in [0.3, 0.4) is 0 Å². The molecule has 0 amide bonds. The van der Waals surface area contributed by atoms with Gasteiger partial charge < -0.3 is 9.64 Å². The summed E-state index contributed by atoms with van der Waals surface area (Å²) in [5.41, 5.74) is 1.17. The molecule has 1 aliphatic heterocycles. The van der Waals surface area contributed by atoms with Gasteiger partial charge in [0.05, 0.1) is 19.3 Å². The fourth-order valence-electron chi connectivity index (χ4n) is 2.53. The highest BCUT2D eigenvalue weighted by atomic mass is 35.5. The largest absolute Gasteiger partial charge is 0.495 e. The number of para-hydroxylation sites is 2. The molecule has 112 valence electrons. The normalized spacial score (nSPS) is 16.2. The SMILES string of the molecule is COc1ccccc1N1CCN(Cc2nnc(Cl)s2)CC1. The van der Waals surface area contributed by atoms with Crippen molar-refractivity contribution in [2.45, 2.75) is 6.54 Å². The van der Waals surface area contributed by atoms with E-state index in [9.17, 15) is 0 Å². The van der Waals surface area contributed by atoms with E-state index >= 15 is 0 Å². The Labute approximate surface area is 133 Å². The van der Waals surface area contributed by atoms with Crippen molar-refractivity contribution in [3.8, 4) is 5.75 Å². The molecule has 1 aromatic heterocycles. The smallest absolute Gasteiger partial charge is 0.207 e. The molecule has 5 nitrogen and oxygen atoms in total. The average molecular weight is 325 g/mol. The first-order chi connectivity index (χ1) is 10.3. The van der Waals surface area contributed by atoms with Gasteiger partial charge in [-0.05, 0) is 23.7 Å². The maximum absolute atomic E-state index is 5.82. The Morgan fingerprint density at radius 1 is 1.19 bits per heavy atom. The summed E-state index contributed by atoms with van der Waals surface area (Å²) in [6.45, 7) is 4.77. The minimum Gasteiger partial charge on any atom is -0.495 e. The summed E-state index contributed by atoms with van der Waals surface area (Å²) in [5.74, 6) is 0.932. The molecule has 21 heavy (non-hydrogen) atoms. The predicted molar refractivity (Wildman–Crippen MR) is 85.4 cm³/mol. The summed E-state index contributed by atoms with van der Waals surface area (Å²) >= 11 is 7.27. The van der Waals surface area contributed by atoms with E-state index in [1.807, 2.05) is 18.2 Å². The second-order valence-corrected chi connectivity index (χ2v) is 6.53. The zero-order chi connectivity index (χ0) is 14.7. The topological polar surface area (TPSA) is 41.5 Å². The van der Waals surface area contributed by atoms with E-state index in [0.29, 0.717) is 4.47 Å². The minimum absolute atomic E-state index is 0.512. The molecule has 3 rings (SSSR count). The molecule has 1 aliphatic rings. The van der Waals surface area contributed by atoms with Crippen LogP contribution in [0.1, 0.15) is 5.01 Å². The Bertz CT molecular complexity index is 598. The number of hydrogen-bond donors (Lipinski definition) is 0. The molecule has 1 saturated heterocycles. The van der Waals surface area contributed by atoms with Crippen LogP contribution in [-0.4, -0.2) is 48.4 Å². The van der Waals surface area contributed by atoms with Gasteiger partial charge in [0.25, 0.3) is 0 Å². The van der Waals surface area contributed by atoms with Gasteiger partial charge in [-0.25, -0.2) is 0 Å². The fourth-order valence-corrected chi connectivity index (χ4v) is 3.44. The molecule has 0 spiro atoms. The van der Waals surface area contributed by atoms with Crippen molar-refractivity contribution in [1.82, 2.24) is 15.1 Å². The zero-order valence-electron chi connectivity index (χ0n) is 11.8. The van der Waals surface area contributed by atoms with Gasteiger partial charge >= 0.3 is 0 Å². The van der Waals surface area contributed by atoms with Crippen molar-refractivity contribution in [1.29, 1.82) is 0 Å². The lowest BCUT2D eigenvalue weighted by Gasteiger charge is -2.36. The van der Waals surface area contributed by atoms with Gasteiger partial charge in [-0.15, -0.1) is 10.2 Å². The Kier molecular flexibility index (Phi) is 4.57. The third kappa shape index (κ3) is 3.45. The molecule has 2 aromatic rings. The maximum Gasteiger partial charge on any atom is 0.207 e. The molecule has 0 atom stereocenters. The average Bonchev–Trinajstić information content (AvgIpc) is 2.93. The van der Waals surface area contributed by atoms with Crippen molar-refractivity contribution < 1.29 is 4.74 Å². The Hall–Kier alpha value is -1.37. The molecule has 0 N–H and O–H groups in total. The molecule has 0 bridgehead atoms. The second kappa shape index (κ2) is 6.60. The van der Waals surface area contributed by atoms with Crippen molar-refractivity contribution in [3.05, 3.63) is 33.7 Å². The van der Waals surface area contributed by atoms with Crippen LogP contribution in [0.5, 0.6) is 5.75 Å². The van der Waals surface area contributed by atoms with Crippen LogP contribution in [0.2, 0.25) is 4.47 Å². The summed E-state index contributed by atoms with van der Waals surface area (Å²) in [5, 5.41) is 8.90. The van der Waals surface area contributed by atoms with E-state index in [1.165, 1.54) is 17.0 Å². The lowest BCUT2D eigenvalue weighted by atomic mass is 10.2.